The van der Waals surface area contributed by atoms with Crippen LogP contribution < -0.4 is 5.73 Å². The standard InChI is InChI=1S/C11H16BrNO2/c1-15-7-10(13)6-11(14)8-2-4-9(12)5-3-8/h2-5,10-11,14H,6-7,13H2,1H3. The van der Waals surface area contributed by atoms with Gasteiger partial charge >= 0.3 is 0 Å². The molecule has 0 fully saturated rings. The second kappa shape index (κ2) is 6.23. The van der Waals surface area contributed by atoms with Crippen molar-refractivity contribution in [1.82, 2.24) is 0 Å². The lowest BCUT2D eigenvalue weighted by Crippen LogP contribution is -2.27. The number of aliphatic hydroxyl groups is 1. The second-order valence-corrected chi connectivity index (χ2v) is 4.43. The summed E-state index contributed by atoms with van der Waals surface area (Å²) in [5.74, 6) is 0. The van der Waals surface area contributed by atoms with Crippen molar-refractivity contribution >= 4 is 15.9 Å². The zero-order chi connectivity index (χ0) is 11.3. The van der Waals surface area contributed by atoms with E-state index in [1.54, 1.807) is 7.11 Å². The molecular formula is C11H16BrNO2. The fraction of sp³-hybridized carbons (Fsp3) is 0.455. The van der Waals surface area contributed by atoms with Crippen LogP contribution in [0.3, 0.4) is 0 Å². The Labute approximate surface area is 98.4 Å². The van der Waals surface area contributed by atoms with Gasteiger partial charge in [-0.05, 0) is 24.1 Å². The number of halogens is 1. The van der Waals surface area contributed by atoms with Gasteiger partial charge in [0.1, 0.15) is 0 Å². The summed E-state index contributed by atoms with van der Waals surface area (Å²) < 4.78 is 5.92. The van der Waals surface area contributed by atoms with Crippen LogP contribution in [0.15, 0.2) is 28.7 Å². The van der Waals surface area contributed by atoms with Gasteiger partial charge in [-0.2, -0.15) is 0 Å². The maximum absolute atomic E-state index is 9.86. The van der Waals surface area contributed by atoms with Crippen LogP contribution in [-0.4, -0.2) is 24.9 Å². The molecule has 15 heavy (non-hydrogen) atoms. The van der Waals surface area contributed by atoms with Gasteiger partial charge in [-0.1, -0.05) is 28.1 Å². The molecule has 0 radical (unpaired) electrons. The molecule has 0 aliphatic rings. The van der Waals surface area contributed by atoms with Crippen LogP contribution in [0.4, 0.5) is 0 Å². The quantitative estimate of drug-likeness (QED) is 0.861. The van der Waals surface area contributed by atoms with Gasteiger partial charge in [0.25, 0.3) is 0 Å². The van der Waals surface area contributed by atoms with Crippen LogP contribution >= 0.6 is 15.9 Å². The number of benzene rings is 1. The normalized spacial score (nSPS) is 14.9. The van der Waals surface area contributed by atoms with Gasteiger partial charge in [0.15, 0.2) is 0 Å². The molecule has 2 atom stereocenters. The summed E-state index contributed by atoms with van der Waals surface area (Å²) in [6, 6.07) is 7.44. The number of hydrogen-bond acceptors (Lipinski definition) is 3. The molecular weight excluding hydrogens is 258 g/mol. The lowest BCUT2D eigenvalue weighted by Gasteiger charge is -2.16. The first-order chi connectivity index (χ1) is 7.13. The molecule has 0 spiro atoms. The molecule has 0 amide bonds. The second-order valence-electron chi connectivity index (χ2n) is 3.52. The van der Waals surface area contributed by atoms with Gasteiger partial charge in [0.05, 0.1) is 12.7 Å². The van der Waals surface area contributed by atoms with E-state index in [2.05, 4.69) is 15.9 Å². The molecule has 3 N–H and O–H groups in total. The molecule has 0 heterocycles. The van der Waals surface area contributed by atoms with Gasteiger partial charge in [0.2, 0.25) is 0 Å². The molecule has 0 aliphatic carbocycles. The summed E-state index contributed by atoms with van der Waals surface area (Å²) in [6.45, 7) is 0.466. The van der Waals surface area contributed by atoms with Crippen LogP contribution in [0.5, 0.6) is 0 Å². The van der Waals surface area contributed by atoms with E-state index >= 15 is 0 Å². The van der Waals surface area contributed by atoms with Crippen molar-refractivity contribution in [2.45, 2.75) is 18.6 Å². The fourth-order valence-electron chi connectivity index (χ4n) is 1.39. The number of rotatable bonds is 5. The first-order valence-corrected chi connectivity index (χ1v) is 5.61. The predicted octanol–water partition coefficient (Wildman–Crippen LogP) is 1.85. The van der Waals surface area contributed by atoms with E-state index in [0.717, 1.165) is 10.0 Å². The van der Waals surface area contributed by atoms with Crippen LogP contribution in [0.1, 0.15) is 18.1 Å². The zero-order valence-electron chi connectivity index (χ0n) is 8.69. The smallest absolute Gasteiger partial charge is 0.0805 e. The minimum absolute atomic E-state index is 0.131. The Hall–Kier alpha value is -0.420. The SMILES string of the molecule is COCC(N)CC(O)c1ccc(Br)cc1. The average molecular weight is 274 g/mol. The molecule has 0 aromatic heterocycles. The summed E-state index contributed by atoms with van der Waals surface area (Å²) in [6.07, 6.45) is -0.0154. The molecule has 3 nitrogen and oxygen atoms in total. The summed E-state index contributed by atoms with van der Waals surface area (Å²) in [5, 5.41) is 9.86. The molecule has 84 valence electrons. The molecule has 4 heteroatoms. The van der Waals surface area contributed by atoms with E-state index in [0.29, 0.717) is 13.0 Å². The summed E-state index contributed by atoms with van der Waals surface area (Å²) >= 11 is 3.34. The Bertz CT molecular complexity index is 289. The van der Waals surface area contributed by atoms with Crippen molar-refractivity contribution in [2.24, 2.45) is 5.73 Å². The minimum atomic E-state index is -0.525. The maximum atomic E-state index is 9.86. The topological polar surface area (TPSA) is 55.5 Å². The Kier molecular flexibility index (Phi) is 5.25. The van der Waals surface area contributed by atoms with Crippen molar-refractivity contribution in [3.05, 3.63) is 34.3 Å². The van der Waals surface area contributed by atoms with E-state index in [4.69, 9.17) is 10.5 Å². The van der Waals surface area contributed by atoms with Gasteiger partial charge in [0, 0.05) is 17.6 Å². The van der Waals surface area contributed by atoms with Gasteiger partial charge < -0.3 is 15.6 Å². The third-order valence-electron chi connectivity index (χ3n) is 2.16. The van der Waals surface area contributed by atoms with E-state index in [9.17, 15) is 5.11 Å². The summed E-state index contributed by atoms with van der Waals surface area (Å²) in [5.41, 5.74) is 6.64. The first-order valence-electron chi connectivity index (χ1n) is 4.81. The third kappa shape index (κ3) is 4.30. The number of methoxy groups -OCH3 is 1. The third-order valence-corrected chi connectivity index (χ3v) is 2.69. The van der Waals surface area contributed by atoms with Crippen LogP contribution in [0.2, 0.25) is 0 Å². The molecule has 1 aromatic rings. The van der Waals surface area contributed by atoms with E-state index in [1.807, 2.05) is 24.3 Å². The fourth-order valence-corrected chi connectivity index (χ4v) is 1.65. The molecule has 0 aliphatic heterocycles. The summed E-state index contributed by atoms with van der Waals surface area (Å²) in [7, 11) is 1.60. The lowest BCUT2D eigenvalue weighted by atomic mass is 10.0. The van der Waals surface area contributed by atoms with Crippen molar-refractivity contribution < 1.29 is 9.84 Å². The van der Waals surface area contributed by atoms with Crippen LogP contribution in [-0.2, 0) is 4.74 Å². The Morgan fingerprint density at radius 1 is 1.40 bits per heavy atom. The molecule has 0 bridgehead atoms. The van der Waals surface area contributed by atoms with Gasteiger partial charge in [-0.25, -0.2) is 0 Å². The number of ether oxygens (including phenoxy) is 1. The zero-order valence-corrected chi connectivity index (χ0v) is 10.3. The molecule has 2 unspecified atom stereocenters. The van der Waals surface area contributed by atoms with E-state index < -0.39 is 6.10 Å². The van der Waals surface area contributed by atoms with Crippen molar-refractivity contribution in [3.63, 3.8) is 0 Å². The highest BCUT2D eigenvalue weighted by Crippen LogP contribution is 2.20. The Balaban J connectivity index is 2.53. The molecule has 0 saturated heterocycles. The Morgan fingerprint density at radius 2 is 2.00 bits per heavy atom. The number of aliphatic hydroxyl groups excluding tert-OH is 1. The largest absolute Gasteiger partial charge is 0.388 e. The number of hydrogen-bond donors (Lipinski definition) is 2. The number of nitrogens with two attached hydrogens (primary N) is 1. The van der Waals surface area contributed by atoms with Crippen LogP contribution in [0.25, 0.3) is 0 Å². The summed E-state index contributed by atoms with van der Waals surface area (Å²) in [4.78, 5) is 0. The van der Waals surface area contributed by atoms with Crippen molar-refractivity contribution in [1.29, 1.82) is 0 Å². The average Bonchev–Trinajstić information content (AvgIpc) is 2.18. The van der Waals surface area contributed by atoms with Crippen molar-refractivity contribution in [3.8, 4) is 0 Å². The minimum Gasteiger partial charge on any atom is -0.388 e. The predicted molar refractivity (Wildman–Crippen MR) is 63.6 cm³/mol. The monoisotopic (exact) mass is 273 g/mol. The van der Waals surface area contributed by atoms with Crippen LogP contribution in [0, 0.1) is 0 Å². The van der Waals surface area contributed by atoms with E-state index in [1.165, 1.54) is 0 Å². The Morgan fingerprint density at radius 3 is 2.53 bits per heavy atom. The maximum Gasteiger partial charge on any atom is 0.0805 e. The highest BCUT2D eigenvalue weighted by atomic mass is 79.9. The molecule has 1 aromatic carbocycles. The molecule has 1 rings (SSSR count). The molecule has 0 saturated carbocycles. The first kappa shape index (κ1) is 12.6. The highest BCUT2D eigenvalue weighted by Gasteiger charge is 2.12. The van der Waals surface area contributed by atoms with E-state index in [-0.39, 0.29) is 6.04 Å². The van der Waals surface area contributed by atoms with Crippen molar-refractivity contribution in [2.75, 3.05) is 13.7 Å². The van der Waals surface area contributed by atoms with Gasteiger partial charge in [-0.15, -0.1) is 0 Å². The van der Waals surface area contributed by atoms with Gasteiger partial charge in [-0.3, -0.25) is 0 Å². The highest BCUT2D eigenvalue weighted by molar-refractivity contribution is 9.10. The lowest BCUT2D eigenvalue weighted by molar-refractivity contribution is 0.122.